The largest absolute Gasteiger partial charge is 0.480 e. The molecule has 6 nitrogen and oxygen atoms in total. The second-order valence-corrected chi connectivity index (χ2v) is 3.30. The highest BCUT2D eigenvalue weighted by Crippen LogP contribution is 1.96. The van der Waals surface area contributed by atoms with E-state index in [0.717, 1.165) is 0 Å². The van der Waals surface area contributed by atoms with Gasteiger partial charge in [0, 0.05) is 6.20 Å². The SMILES string of the molecule is C=CCC(NC(=O)c1ccc[nH]c1=O)C(=O)O. The number of carboxylic acids is 1. The fraction of sp³-hybridized carbons (Fsp3) is 0.182. The second-order valence-electron chi connectivity index (χ2n) is 3.30. The first-order valence-electron chi connectivity index (χ1n) is 4.88. The highest BCUT2D eigenvalue weighted by molar-refractivity contribution is 5.96. The number of carbonyl (C=O) groups excluding carboxylic acids is 1. The summed E-state index contributed by atoms with van der Waals surface area (Å²) in [6.45, 7) is 3.40. The van der Waals surface area contributed by atoms with E-state index in [1.54, 1.807) is 0 Å². The van der Waals surface area contributed by atoms with E-state index in [0.29, 0.717) is 0 Å². The van der Waals surface area contributed by atoms with Gasteiger partial charge in [0.25, 0.3) is 11.5 Å². The Labute approximate surface area is 97.0 Å². The summed E-state index contributed by atoms with van der Waals surface area (Å²) in [4.78, 5) is 36.0. The van der Waals surface area contributed by atoms with Crippen molar-refractivity contribution in [2.45, 2.75) is 12.5 Å². The van der Waals surface area contributed by atoms with E-state index in [-0.39, 0.29) is 12.0 Å². The Kier molecular flexibility index (Phi) is 4.21. The van der Waals surface area contributed by atoms with Gasteiger partial charge in [-0.2, -0.15) is 0 Å². The number of hydrogen-bond donors (Lipinski definition) is 3. The van der Waals surface area contributed by atoms with Crippen LogP contribution in [-0.4, -0.2) is 28.0 Å². The van der Waals surface area contributed by atoms with Crippen LogP contribution < -0.4 is 10.9 Å². The molecule has 6 heteroatoms. The van der Waals surface area contributed by atoms with Gasteiger partial charge in [-0.25, -0.2) is 4.79 Å². The van der Waals surface area contributed by atoms with Gasteiger partial charge in [0.1, 0.15) is 11.6 Å². The van der Waals surface area contributed by atoms with E-state index in [1.807, 2.05) is 0 Å². The molecule has 1 rings (SSSR count). The maximum atomic E-state index is 11.6. The van der Waals surface area contributed by atoms with Crippen LogP contribution in [0.5, 0.6) is 0 Å². The van der Waals surface area contributed by atoms with Gasteiger partial charge >= 0.3 is 5.97 Å². The third-order valence-electron chi connectivity index (χ3n) is 2.07. The molecule has 0 spiro atoms. The third kappa shape index (κ3) is 3.30. The van der Waals surface area contributed by atoms with Crippen molar-refractivity contribution in [3.05, 3.63) is 46.9 Å². The molecule has 0 aromatic carbocycles. The first-order valence-corrected chi connectivity index (χ1v) is 4.88. The zero-order chi connectivity index (χ0) is 12.8. The molecule has 0 saturated carbocycles. The van der Waals surface area contributed by atoms with Gasteiger partial charge in [-0.3, -0.25) is 9.59 Å². The lowest BCUT2D eigenvalue weighted by Crippen LogP contribution is -2.42. The number of rotatable bonds is 5. The zero-order valence-corrected chi connectivity index (χ0v) is 8.97. The molecule has 1 aromatic rings. The summed E-state index contributed by atoms with van der Waals surface area (Å²) in [5, 5.41) is 11.1. The van der Waals surface area contributed by atoms with Gasteiger partial charge in [-0.15, -0.1) is 6.58 Å². The molecule has 0 bridgehead atoms. The Balaban J connectivity index is 2.85. The predicted octanol–water partition coefficient (Wildman–Crippen LogP) is 0.134. The highest BCUT2D eigenvalue weighted by atomic mass is 16.4. The second kappa shape index (κ2) is 5.64. The Bertz CT molecular complexity index is 492. The fourth-order valence-electron chi connectivity index (χ4n) is 1.22. The maximum absolute atomic E-state index is 11.6. The average molecular weight is 236 g/mol. The van der Waals surface area contributed by atoms with Crippen molar-refractivity contribution >= 4 is 11.9 Å². The molecule has 1 atom stereocenters. The molecule has 1 unspecified atom stereocenters. The summed E-state index contributed by atoms with van der Waals surface area (Å²) in [5.41, 5.74) is -0.685. The predicted molar refractivity (Wildman–Crippen MR) is 60.8 cm³/mol. The summed E-state index contributed by atoms with van der Waals surface area (Å²) in [7, 11) is 0. The van der Waals surface area contributed by atoms with Crippen molar-refractivity contribution in [1.82, 2.24) is 10.3 Å². The van der Waals surface area contributed by atoms with Gasteiger partial charge in [-0.1, -0.05) is 6.08 Å². The molecular weight excluding hydrogens is 224 g/mol. The number of H-pyrrole nitrogens is 1. The topological polar surface area (TPSA) is 99.3 Å². The Morgan fingerprint density at radius 1 is 1.59 bits per heavy atom. The first kappa shape index (κ1) is 12.7. The quantitative estimate of drug-likeness (QED) is 0.633. The van der Waals surface area contributed by atoms with Crippen molar-refractivity contribution in [1.29, 1.82) is 0 Å². The molecule has 1 aromatic heterocycles. The third-order valence-corrected chi connectivity index (χ3v) is 2.07. The first-order chi connectivity index (χ1) is 8.06. The minimum Gasteiger partial charge on any atom is -0.480 e. The standard InChI is InChI=1S/C11H12N2O4/c1-2-4-8(11(16)17)13-10(15)7-5-3-6-12-9(7)14/h2-3,5-6,8H,1,4H2,(H,12,14)(H,13,15)(H,16,17). The fourth-order valence-corrected chi connectivity index (χ4v) is 1.22. The van der Waals surface area contributed by atoms with Crippen LogP contribution in [0.1, 0.15) is 16.8 Å². The lowest BCUT2D eigenvalue weighted by atomic mass is 10.2. The Morgan fingerprint density at radius 2 is 2.29 bits per heavy atom. The van der Waals surface area contributed by atoms with Crippen LogP contribution in [0.25, 0.3) is 0 Å². The molecule has 0 saturated heterocycles. The summed E-state index contributed by atoms with van der Waals surface area (Å²) >= 11 is 0. The monoisotopic (exact) mass is 236 g/mol. The molecular formula is C11H12N2O4. The molecule has 1 amide bonds. The van der Waals surface area contributed by atoms with E-state index >= 15 is 0 Å². The van der Waals surface area contributed by atoms with Gasteiger partial charge in [0.05, 0.1) is 0 Å². The highest BCUT2D eigenvalue weighted by Gasteiger charge is 2.20. The number of carboxylic acid groups (broad SMARTS) is 1. The zero-order valence-electron chi connectivity index (χ0n) is 8.97. The molecule has 1 heterocycles. The van der Waals surface area contributed by atoms with Gasteiger partial charge in [-0.05, 0) is 18.6 Å². The number of pyridine rings is 1. The summed E-state index contributed by atoms with van der Waals surface area (Å²) in [6, 6.07) is 1.72. The van der Waals surface area contributed by atoms with Crippen LogP contribution in [0, 0.1) is 0 Å². The maximum Gasteiger partial charge on any atom is 0.326 e. The molecule has 90 valence electrons. The van der Waals surface area contributed by atoms with E-state index in [2.05, 4.69) is 16.9 Å². The number of hydrogen-bond acceptors (Lipinski definition) is 3. The summed E-state index contributed by atoms with van der Waals surface area (Å²) < 4.78 is 0. The molecule has 0 aliphatic heterocycles. The van der Waals surface area contributed by atoms with Crippen molar-refractivity contribution in [3.63, 3.8) is 0 Å². The van der Waals surface area contributed by atoms with E-state index < -0.39 is 23.5 Å². The Hall–Kier alpha value is -2.37. The Morgan fingerprint density at radius 3 is 2.82 bits per heavy atom. The van der Waals surface area contributed by atoms with Gasteiger partial charge in [0.15, 0.2) is 0 Å². The molecule has 17 heavy (non-hydrogen) atoms. The smallest absolute Gasteiger partial charge is 0.326 e. The number of aromatic nitrogens is 1. The van der Waals surface area contributed by atoms with E-state index in [4.69, 9.17) is 5.11 Å². The van der Waals surface area contributed by atoms with Crippen LogP contribution in [0.3, 0.4) is 0 Å². The van der Waals surface area contributed by atoms with Crippen LogP contribution in [0.2, 0.25) is 0 Å². The van der Waals surface area contributed by atoms with E-state index in [1.165, 1.54) is 24.4 Å². The lowest BCUT2D eigenvalue weighted by Gasteiger charge is -2.11. The van der Waals surface area contributed by atoms with Crippen LogP contribution in [0.15, 0.2) is 35.8 Å². The minimum atomic E-state index is -1.18. The average Bonchev–Trinajstić information content (AvgIpc) is 2.28. The number of nitrogens with one attached hydrogen (secondary N) is 2. The number of carbonyl (C=O) groups is 2. The molecule has 3 N–H and O–H groups in total. The summed E-state index contributed by atoms with van der Waals surface area (Å²) in [5.74, 6) is -1.90. The summed E-state index contributed by atoms with van der Waals surface area (Å²) in [6.07, 6.45) is 2.86. The minimum absolute atomic E-state index is 0.0891. The number of aromatic amines is 1. The molecule has 0 aliphatic rings. The van der Waals surface area contributed by atoms with E-state index in [9.17, 15) is 14.4 Å². The normalized spacial score (nSPS) is 11.5. The number of amides is 1. The van der Waals surface area contributed by atoms with Crippen LogP contribution in [0.4, 0.5) is 0 Å². The molecule has 0 fully saturated rings. The van der Waals surface area contributed by atoms with Crippen molar-refractivity contribution in [3.8, 4) is 0 Å². The van der Waals surface area contributed by atoms with Crippen LogP contribution in [-0.2, 0) is 4.79 Å². The van der Waals surface area contributed by atoms with Gasteiger partial charge in [0.2, 0.25) is 0 Å². The number of aliphatic carboxylic acids is 1. The lowest BCUT2D eigenvalue weighted by molar-refractivity contribution is -0.139. The van der Waals surface area contributed by atoms with Gasteiger partial charge < -0.3 is 15.4 Å². The van der Waals surface area contributed by atoms with Crippen molar-refractivity contribution < 1.29 is 14.7 Å². The molecule has 0 aliphatic carbocycles. The van der Waals surface area contributed by atoms with Crippen LogP contribution >= 0.6 is 0 Å². The van der Waals surface area contributed by atoms with Crippen molar-refractivity contribution in [2.75, 3.05) is 0 Å². The molecule has 0 radical (unpaired) electrons. The van der Waals surface area contributed by atoms with Crippen molar-refractivity contribution in [2.24, 2.45) is 0 Å².